The van der Waals surface area contributed by atoms with E-state index in [9.17, 15) is 27.9 Å². The lowest BCUT2D eigenvalue weighted by molar-refractivity contribution is -0.135. The van der Waals surface area contributed by atoms with Gasteiger partial charge < -0.3 is 9.67 Å². The van der Waals surface area contributed by atoms with Crippen LogP contribution in [0.2, 0.25) is 5.02 Å². The third kappa shape index (κ3) is 5.31. The maximum absolute atomic E-state index is 13.2. The summed E-state index contributed by atoms with van der Waals surface area (Å²) in [6.45, 7) is 0.00251. The first-order valence-electron chi connectivity index (χ1n) is 10.4. The summed E-state index contributed by atoms with van der Waals surface area (Å²) in [5, 5.41) is 9.76. The molecule has 0 saturated carbocycles. The van der Waals surface area contributed by atoms with Gasteiger partial charge in [0.05, 0.1) is 11.3 Å². The van der Waals surface area contributed by atoms with Crippen LogP contribution in [0.1, 0.15) is 34.3 Å². The number of aromatic nitrogens is 3. The summed E-state index contributed by atoms with van der Waals surface area (Å²) in [5.74, 6) is -0.871. The van der Waals surface area contributed by atoms with Crippen molar-refractivity contribution in [1.82, 2.24) is 14.0 Å². The molecular formula is C24H19ClF3N3O3. The van der Waals surface area contributed by atoms with Gasteiger partial charge in [-0.25, -0.2) is 9.78 Å². The number of halogens is 4. The standard InChI is InChI=1S/C24H19ClF3N3O3/c25-19-7-5-16(6-8-19)20-14-31-21(32)18(12-15-3-1-4-17(11-15)22(33)34)13-30(23(31)29-20)10-2-9-24(26,27)28/h1,3-8,11,13-14H,2,9-10,12H2,(H,33,34). The van der Waals surface area contributed by atoms with Gasteiger partial charge >= 0.3 is 12.1 Å². The number of alkyl halides is 3. The van der Waals surface area contributed by atoms with Crippen molar-refractivity contribution >= 4 is 23.3 Å². The van der Waals surface area contributed by atoms with Gasteiger partial charge in [-0.05, 0) is 36.2 Å². The van der Waals surface area contributed by atoms with E-state index in [0.29, 0.717) is 27.4 Å². The molecule has 0 saturated heterocycles. The molecule has 0 unspecified atom stereocenters. The van der Waals surface area contributed by atoms with Crippen molar-refractivity contribution in [2.45, 2.75) is 32.0 Å². The van der Waals surface area contributed by atoms with Gasteiger partial charge in [0, 0.05) is 47.9 Å². The fourth-order valence-corrected chi connectivity index (χ4v) is 3.83. The van der Waals surface area contributed by atoms with E-state index in [4.69, 9.17) is 11.6 Å². The van der Waals surface area contributed by atoms with Crippen molar-refractivity contribution < 1.29 is 23.1 Å². The van der Waals surface area contributed by atoms with Crippen molar-refractivity contribution in [2.24, 2.45) is 0 Å². The van der Waals surface area contributed by atoms with Crippen molar-refractivity contribution in [3.05, 3.63) is 93.0 Å². The molecule has 6 nitrogen and oxygen atoms in total. The van der Waals surface area contributed by atoms with Gasteiger partial charge in [-0.1, -0.05) is 35.9 Å². The number of hydrogen-bond acceptors (Lipinski definition) is 3. The lowest BCUT2D eigenvalue weighted by Gasteiger charge is -2.12. The average Bonchev–Trinajstić information content (AvgIpc) is 3.22. The van der Waals surface area contributed by atoms with Crippen LogP contribution in [0.15, 0.2) is 65.7 Å². The summed E-state index contributed by atoms with van der Waals surface area (Å²) >= 11 is 5.94. The molecule has 0 bridgehead atoms. The Hall–Kier alpha value is -3.59. The molecule has 10 heteroatoms. The molecule has 0 aliphatic rings. The third-order valence-electron chi connectivity index (χ3n) is 5.32. The zero-order chi connectivity index (χ0) is 24.5. The van der Waals surface area contributed by atoms with Crippen molar-refractivity contribution in [3.63, 3.8) is 0 Å². The van der Waals surface area contributed by atoms with Crippen LogP contribution in [0, 0.1) is 0 Å². The van der Waals surface area contributed by atoms with E-state index >= 15 is 0 Å². The fraction of sp³-hybridized carbons (Fsp3) is 0.208. The van der Waals surface area contributed by atoms with E-state index in [0.717, 1.165) is 0 Å². The second kappa shape index (κ2) is 9.34. The number of carbonyl (C=O) groups is 1. The highest BCUT2D eigenvalue weighted by atomic mass is 35.5. The zero-order valence-electron chi connectivity index (χ0n) is 17.7. The molecule has 0 spiro atoms. The predicted molar refractivity (Wildman–Crippen MR) is 121 cm³/mol. The summed E-state index contributed by atoms with van der Waals surface area (Å²) in [6, 6.07) is 13.0. The monoisotopic (exact) mass is 489 g/mol. The summed E-state index contributed by atoms with van der Waals surface area (Å²) in [5.41, 5.74) is 1.78. The van der Waals surface area contributed by atoms with E-state index < -0.39 is 18.6 Å². The molecular weight excluding hydrogens is 471 g/mol. The first kappa shape index (κ1) is 23.6. The van der Waals surface area contributed by atoms with E-state index in [2.05, 4.69) is 4.98 Å². The summed E-state index contributed by atoms with van der Waals surface area (Å²) in [4.78, 5) is 29.0. The molecule has 34 heavy (non-hydrogen) atoms. The second-order valence-corrected chi connectivity index (χ2v) is 8.29. The zero-order valence-corrected chi connectivity index (χ0v) is 18.5. The largest absolute Gasteiger partial charge is 0.478 e. The molecule has 2 heterocycles. The Morgan fingerprint density at radius 3 is 2.50 bits per heavy atom. The fourth-order valence-electron chi connectivity index (χ4n) is 3.71. The van der Waals surface area contributed by atoms with Crippen LogP contribution in [0.4, 0.5) is 13.2 Å². The van der Waals surface area contributed by atoms with E-state index in [1.165, 1.54) is 27.3 Å². The molecule has 0 radical (unpaired) electrons. The normalized spacial score (nSPS) is 11.8. The Morgan fingerprint density at radius 2 is 1.82 bits per heavy atom. The number of aryl methyl sites for hydroxylation is 1. The third-order valence-corrected chi connectivity index (χ3v) is 5.57. The lowest BCUT2D eigenvalue weighted by Crippen LogP contribution is -2.22. The van der Waals surface area contributed by atoms with E-state index in [-0.39, 0.29) is 36.3 Å². The Balaban J connectivity index is 1.78. The average molecular weight is 490 g/mol. The smallest absolute Gasteiger partial charge is 0.389 e. The van der Waals surface area contributed by atoms with Crippen molar-refractivity contribution in [3.8, 4) is 11.3 Å². The van der Waals surface area contributed by atoms with Crippen LogP contribution in [0.3, 0.4) is 0 Å². The Morgan fingerprint density at radius 1 is 1.09 bits per heavy atom. The number of aromatic carboxylic acids is 1. The summed E-state index contributed by atoms with van der Waals surface area (Å²) in [6.07, 6.45) is -2.29. The van der Waals surface area contributed by atoms with Crippen LogP contribution in [0.5, 0.6) is 0 Å². The first-order chi connectivity index (χ1) is 16.1. The van der Waals surface area contributed by atoms with Crippen molar-refractivity contribution in [1.29, 1.82) is 0 Å². The maximum Gasteiger partial charge on any atom is 0.389 e. The van der Waals surface area contributed by atoms with Crippen LogP contribution in [0.25, 0.3) is 17.0 Å². The van der Waals surface area contributed by atoms with E-state index in [1.54, 1.807) is 42.6 Å². The molecule has 1 N–H and O–H groups in total. The Labute approximate surface area is 196 Å². The first-order valence-corrected chi connectivity index (χ1v) is 10.7. The Kier molecular flexibility index (Phi) is 6.47. The number of hydrogen-bond donors (Lipinski definition) is 1. The van der Waals surface area contributed by atoms with Gasteiger partial charge in [0.15, 0.2) is 0 Å². The number of fused-ring (bicyclic) bond motifs is 1. The Bertz CT molecular complexity index is 1410. The number of carboxylic acid groups (broad SMARTS) is 1. The molecule has 0 aliphatic carbocycles. The number of benzene rings is 2. The molecule has 4 aromatic rings. The molecule has 2 aromatic carbocycles. The highest BCUT2D eigenvalue weighted by Crippen LogP contribution is 2.24. The van der Waals surface area contributed by atoms with Gasteiger partial charge in [-0.3, -0.25) is 9.20 Å². The van der Waals surface area contributed by atoms with Gasteiger partial charge in [-0.15, -0.1) is 0 Å². The van der Waals surface area contributed by atoms with Crippen LogP contribution >= 0.6 is 11.6 Å². The van der Waals surface area contributed by atoms with Gasteiger partial charge in [0.1, 0.15) is 0 Å². The van der Waals surface area contributed by atoms with Gasteiger partial charge in [-0.2, -0.15) is 13.2 Å². The highest BCUT2D eigenvalue weighted by molar-refractivity contribution is 6.30. The number of nitrogens with zero attached hydrogens (tertiary/aromatic N) is 3. The highest BCUT2D eigenvalue weighted by Gasteiger charge is 2.26. The molecule has 4 rings (SSSR count). The molecule has 0 atom stereocenters. The minimum absolute atomic E-state index is 0.00251. The SMILES string of the molecule is O=C(O)c1cccc(Cc2cn(CCCC(F)(F)F)c3nc(-c4ccc(Cl)cc4)cn3c2=O)c1. The minimum Gasteiger partial charge on any atom is -0.478 e. The predicted octanol–water partition coefficient (Wildman–Crippen LogP) is 5.45. The molecule has 0 amide bonds. The molecule has 176 valence electrons. The van der Waals surface area contributed by atoms with Crippen molar-refractivity contribution in [2.75, 3.05) is 0 Å². The number of carboxylic acids is 1. The number of imidazole rings is 1. The maximum atomic E-state index is 13.2. The molecule has 2 aromatic heterocycles. The van der Waals surface area contributed by atoms with Gasteiger partial charge in [0.25, 0.3) is 5.56 Å². The summed E-state index contributed by atoms with van der Waals surface area (Å²) in [7, 11) is 0. The second-order valence-electron chi connectivity index (χ2n) is 7.86. The van der Waals surface area contributed by atoms with E-state index in [1.807, 2.05) is 0 Å². The van der Waals surface area contributed by atoms with Crippen LogP contribution in [-0.4, -0.2) is 31.2 Å². The van der Waals surface area contributed by atoms with Crippen LogP contribution < -0.4 is 5.56 Å². The number of rotatable bonds is 7. The van der Waals surface area contributed by atoms with Gasteiger partial charge in [0.2, 0.25) is 5.78 Å². The topological polar surface area (TPSA) is 76.6 Å². The summed E-state index contributed by atoms with van der Waals surface area (Å²) < 4.78 is 41.0. The molecule has 0 aliphatic heterocycles. The minimum atomic E-state index is -4.29. The van der Waals surface area contributed by atoms with Crippen LogP contribution in [-0.2, 0) is 13.0 Å². The quantitative estimate of drug-likeness (QED) is 0.374. The lowest BCUT2D eigenvalue weighted by atomic mass is 10.0. The molecule has 0 fully saturated rings.